The van der Waals surface area contributed by atoms with Crippen LogP contribution in [0.3, 0.4) is 0 Å². The molecule has 1 aromatic carbocycles. The van der Waals surface area contributed by atoms with E-state index in [1.54, 1.807) is 0 Å². The van der Waals surface area contributed by atoms with Crippen LogP contribution in [0.5, 0.6) is 0 Å². The number of hydrogen-bond donors (Lipinski definition) is 0. The molecule has 3 heteroatoms. The molecule has 16 heavy (non-hydrogen) atoms. The lowest BCUT2D eigenvalue weighted by atomic mass is 10.2. The van der Waals surface area contributed by atoms with Crippen molar-refractivity contribution in [2.24, 2.45) is 5.16 Å². The Hall–Kier alpha value is -0.830. The van der Waals surface area contributed by atoms with Gasteiger partial charge in [-0.15, -0.1) is 0 Å². The average molecular weight is 283 g/mol. The van der Waals surface area contributed by atoms with E-state index in [0.29, 0.717) is 6.61 Å². The van der Waals surface area contributed by atoms with Gasteiger partial charge in [0.2, 0.25) is 0 Å². The summed E-state index contributed by atoms with van der Waals surface area (Å²) in [6, 6.07) is 7.80. The van der Waals surface area contributed by atoms with E-state index in [-0.39, 0.29) is 0 Å². The lowest BCUT2D eigenvalue weighted by molar-refractivity contribution is 0.141. The van der Waals surface area contributed by atoms with Crippen LogP contribution in [-0.2, 0) is 4.84 Å². The van der Waals surface area contributed by atoms with Gasteiger partial charge in [0.15, 0.2) is 0 Å². The molecule has 0 saturated carbocycles. The number of benzene rings is 1. The number of unbranched alkanes of at least 4 members (excludes halogenated alkanes) is 3. The minimum absolute atomic E-state index is 0.682. The summed E-state index contributed by atoms with van der Waals surface area (Å²) in [5.74, 6) is 0. The Morgan fingerprint density at radius 2 is 2.19 bits per heavy atom. The van der Waals surface area contributed by atoms with Crippen molar-refractivity contribution < 1.29 is 4.84 Å². The Labute approximate surface area is 106 Å². The topological polar surface area (TPSA) is 21.6 Å². The Kier molecular flexibility index (Phi) is 6.90. The smallest absolute Gasteiger partial charge is 0.139 e. The highest BCUT2D eigenvalue weighted by atomic mass is 79.9. The highest BCUT2D eigenvalue weighted by Crippen LogP contribution is 2.10. The van der Waals surface area contributed by atoms with Crippen molar-refractivity contribution in [2.45, 2.75) is 32.6 Å². The van der Waals surface area contributed by atoms with E-state index in [9.17, 15) is 0 Å². The third-order valence-corrected chi connectivity index (χ3v) is 2.65. The van der Waals surface area contributed by atoms with E-state index in [4.69, 9.17) is 4.84 Å². The molecule has 0 N–H and O–H groups in total. The molecule has 1 rings (SSSR count). The van der Waals surface area contributed by atoms with E-state index >= 15 is 0 Å². The zero-order valence-corrected chi connectivity index (χ0v) is 11.2. The Bertz CT molecular complexity index is 325. The van der Waals surface area contributed by atoms with Crippen LogP contribution < -0.4 is 0 Å². The van der Waals surface area contributed by atoms with Crippen molar-refractivity contribution in [3.8, 4) is 0 Å². The second kappa shape index (κ2) is 8.34. The summed E-state index contributed by atoms with van der Waals surface area (Å²) >= 11 is 3.39. The van der Waals surface area contributed by atoms with Gasteiger partial charge in [-0.3, -0.25) is 0 Å². The first-order chi connectivity index (χ1) is 7.83. The fraction of sp³-hybridized carbons (Fsp3) is 0.462. The minimum Gasteiger partial charge on any atom is -0.395 e. The van der Waals surface area contributed by atoms with Gasteiger partial charge in [0.25, 0.3) is 0 Å². The highest BCUT2D eigenvalue weighted by Gasteiger charge is 1.91. The summed E-state index contributed by atoms with van der Waals surface area (Å²) in [7, 11) is 0. The van der Waals surface area contributed by atoms with E-state index < -0.39 is 0 Å². The molecular formula is C13H17BrNO. The van der Waals surface area contributed by atoms with Gasteiger partial charge >= 0.3 is 0 Å². The van der Waals surface area contributed by atoms with Gasteiger partial charge in [-0.1, -0.05) is 53.0 Å². The molecule has 2 nitrogen and oxygen atoms in total. The molecule has 0 aliphatic carbocycles. The van der Waals surface area contributed by atoms with Gasteiger partial charge in [0.1, 0.15) is 12.8 Å². The average Bonchev–Trinajstić information content (AvgIpc) is 2.28. The molecule has 0 saturated heterocycles. The SMILES string of the molecule is CCCCCCO/N=[C]/c1cccc(Br)c1. The quantitative estimate of drug-likeness (QED) is 0.416. The number of rotatable bonds is 7. The van der Waals surface area contributed by atoms with Crippen LogP contribution in [0, 0.1) is 0 Å². The maximum absolute atomic E-state index is 5.12. The molecule has 87 valence electrons. The molecule has 0 amide bonds. The fourth-order valence-corrected chi connectivity index (χ4v) is 1.68. The Balaban J connectivity index is 2.17. The van der Waals surface area contributed by atoms with Crippen LogP contribution in [0.25, 0.3) is 0 Å². The standard InChI is InChI=1S/C13H17BrNO/c1-2-3-4-5-9-16-15-11-12-7-6-8-13(14)10-12/h6-8,10H,2-5,9H2,1H3. The normalized spacial score (nSPS) is 10.9. The van der Waals surface area contributed by atoms with Crippen LogP contribution in [0.1, 0.15) is 38.2 Å². The molecule has 0 unspecified atom stereocenters. The van der Waals surface area contributed by atoms with Gasteiger partial charge in [-0.2, -0.15) is 0 Å². The van der Waals surface area contributed by atoms with Gasteiger partial charge < -0.3 is 4.84 Å². The Morgan fingerprint density at radius 3 is 2.94 bits per heavy atom. The van der Waals surface area contributed by atoms with Crippen molar-refractivity contribution in [2.75, 3.05) is 6.61 Å². The summed E-state index contributed by atoms with van der Waals surface area (Å²) < 4.78 is 1.02. The summed E-state index contributed by atoms with van der Waals surface area (Å²) in [6.07, 6.45) is 7.64. The Morgan fingerprint density at radius 1 is 1.31 bits per heavy atom. The molecule has 0 aliphatic rings. The van der Waals surface area contributed by atoms with Crippen molar-refractivity contribution in [1.29, 1.82) is 0 Å². The van der Waals surface area contributed by atoms with Crippen LogP contribution in [0.15, 0.2) is 33.9 Å². The molecule has 0 atom stereocenters. The summed E-state index contributed by atoms with van der Waals surface area (Å²) in [5.41, 5.74) is 0.919. The van der Waals surface area contributed by atoms with E-state index in [1.165, 1.54) is 19.3 Å². The number of hydrogen-bond acceptors (Lipinski definition) is 2. The first kappa shape index (κ1) is 13.2. The third-order valence-electron chi connectivity index (χ3n) is 2.15. The molecule has 0 fully saturated rings. The maximum atomic E-state index is 5.12. The summed E-state index contributed by atoms with van der Waals surface area (Å²) in [6.45, 7) is 2.88. The minimum atomic E-state index is 0.682. The molecule has 0 heterocycles. The molecule has 1 aromatic rings. The third kappa shape index (κ3) is 5.91. The lowest BCUT2D eigenvalue weighted by Gasteiger charge is -1.98. The zero-order valence-electron chi connectivity index (χ0n) is 9.58. The van der Waals surface area contributed by atoms with Crippen molar-refractivity contribution in [1.82, 2.24) is 0 Å². The van der Waals surface area contributed by atoms with Crippen molar-refractivity contribution in [3.63, 3.8) is 0 Å². The molecule has 0 aliphatic heterocycles. The predicted molar refractivity (Wildman–Crippen MR) is 70.8 cm³/mol. The first-order valence-electron chi connectivity index (χ1n) is 5.66. The van der Waals surface area contributed by atoms with Crippen molar-refractivity contribution >= 4 is 22.1 Å². The monoisotopic (exact) mass is 282 g/mol. The van der Waals surface area contributed by atoms with Crippen LogP contribution >= 0.6 is 15.9 Å². The summed E-state index contributed by atoms with van der Waals surface area (Å²) in [4.78, 5) is 5.12. The molecule has 0 aromatic heterocycles. The number of nitrogens with zero attached hydrogens (tertiary/aromatic N) is 1. The van der Waals surface area contributed by atoms with Gasteiger partial charge in [-0.05, 0) is 25.0 Å². The highest BCUT2D eigenvalue weighted by molar-refractivity contribution is 9.10. The predicted octanol–water partition coefficient (Wildman–Crippen LogP) is 4.26. The lowest BCUT2D eigenvalue weighted by Crippen LogP contribution is -1.89. The van der Waals surface area contributed by atoms with Gasteiger partial charge in [-0.25, -0.2) is 0 Å². The van der Waals surface area contributed by atoms with Crippen LogP contribution in [0.2, 0.25) is 0 Å². The van der Waals surface area contributed by atoms with Crippen LogP contribution in [-0.4, -0.2) is 12.8 Å². The zero-order chi connectivity index (χ0) is 11.6. The van der Waals surface area contributed by atoms with Gasteiger partial charge in [0.05, 0.1) is 0 Å². The van der Waals surface area contributed by atoms with E-state index in [0.717, 1.165) is 16.5 Å². The fourth-order valence-electron chi connectivity index (χ4n) is 1.28. The van der Waals surface area contributed by atoms with Gasteiger partial charge in [0, 0.05) is 10.0 Å². The van der Waals surface area contributed by atoms with E-state index in [1.807, 2.05) is 24.3 Å². The first-order valence-corrected chi connectivity index (χ1v) is 6.46. The molecular weight excluding hydrogens is 266 g/mol. The molecule has 0 bridgehead atoms. The summed E-state index contributed by atoms with van der Waals surface area (Å²) in [5, 5.41) is 3.81. The molecule has 0 spiro atoms. The second-order valence-corrected chi connectivity index (χ2v) is 4.52. The van der Waals surface area contributed by atoms with E-state index in [2.05, 4.69) is 34.2 Å². The maximum Gasteiger partial charge on any atom is 0.139 e. The van der Waals surface area contributed by atoms with Crippen LogP contribution in [0.4, 0.5) is 0 Å². The largest absolute Gasteiger partial charge is 0.395 e. The van der Waals surface area contributed by atoms with Crippen molar-refractivity contribution in [3.05, 3.63) is 34.3 Å². The molecule has 1 radical (unpaired) electrons. The number of halogens is 1. The second-order valence-electron chi connectivity index (χ2n) is 3.61.